The van der Waals surface area contributed by atoms with Crippen LogP contribution in [0.25, 0.3) is 0 Å². The van der Waals surface area contributed by atoms with Crippen LogP contribution in [0.4, 0.5) is 5.69 Å². The van der Waals surface area contributed by atoms with Gasteiger partial charge in [0.25, 0.3) is 5.69 Å². The number of rotatable bonds is 6. The van der Waals surface area contributed by atoms with Crippen molar-refractivity contribution in [2.24, 2.45) is 0 Å². The molecule has 0 aliphatic heterocycles. The summed E-state index contributed by atoms with van der Waals surface area (Å²) in [5.74, 6) is -0.691. The molecule has 0 spiro atoms. The van der Waals surface area contributed by atoms with E-state index < -0.39 is 16.6 Å². The molecule has 0 radical (unpaired) electrons. The number of hydrogen-bond donors (Lipinski definition) is 2. The van der Waals surface area contributed by atoms with Crippen LogP contribution in [0.2, 0.25) is 0 Å². The molecule has 0 aliphatic carbocycles. The highest BCUT2D eigenvalue weighted by Gasteiger charge is 2.19. The van der Waals surface area contributed by atoms with Crippen molar-refractivity contribution in [3.8, 4) is 0 Å². The quantitative estimate of drug-likeness (QED) is 0.348. The van der Waals surface area contributed by atoms with E-state index in [9.17, 15) is 14.9 Å². The Morgan fingerprint density at radius 1 is 1.47 bits per heavy atom. The number of nitrogens with zero attached hydrogens (tertiary/aromatic N) is 1. The third-order valence-corrected chi connectivity index (χ3v) is 3.05. The second-order valence-electron chi connectivity index (χ2n) is 3.17. The molecule has 0 heterocycles. The lowest BCUT2D eigenvalue weighted by atomic mass is 10.2. The summed E-state index contributed by atoms with van der Waals surface area (Å²) in [5.41, 5.74) is -0.729. The van der Waals surface area contributed by atoms with Crippen molar-refractivity contribution in [3.63, 3.8) is 0 Å². The zero-order valence-corrected chi connectivity index (χ0v) is 9.64. The van der Waals surface area contributed by atoms with Crippen molar-refractivity contribution >= 4 is 23.4 Å². The molecule has 0 bridgehead atoms. The summed E-state index contributed by atoms with van der Waals surface area (Å²) in [6.07, 6.45) is 0.582. The molecular formula is C10H11NO5S. The molecule has 1 aromatic carbocycles. The summed E-state index contributed by atoms with van der Waals surface area (Å²) in [6.45, 7) is 0.0578. The fourth-order valence-corrected chi connectivity index (χ4v) is 2.06. The minimum Gasteiger partial charge on any atom is -0.477 e. The number of carboxylic acids is 1. The molecule has 0 amide bonds. The Morgan fingerprint density at radius 2 is 2.18 bits per heavy atom. The van der Waals surface area contributed by atoms with E-state index in [1.165, 1.54) is 30.0 Å². The van der Waals surface area contributed by atoms with Gasteiger partial charge >= 0.3 is 5.97 Å². The van der Waals surface area contributed by atoms with Crippen LogP contribution in [0.1, 0.15) is 16.8 Å². The maximum Gasteiger partial charge on any atom is 0.342 e. The Kier molecular flexibility index (Phi) is 4.92. The highest BCUT2D eigenvalue weighted by molar-refractivity contribution is 7.99. The van der Waals surface area contributed by atoms with E-state index in [2.05, 4.69) is 0 Å². The van der Waals surface area contributed by atoms with Crippen LogP contribution in [-0.2, 0) is 0 Å². The summed E-state index contributed by atoms with van der Waals surface area (Å²) in [4.78, 5) is 21.4. The minimum atomic E-state index is -1.32. The molecule has 1 rings (SSSR count). The largest absolute Gasteiger partial charge is 0.477 e. The fraction of sp³-hybridized carbons (Fsp3) is 0.300. The van der Waals surface area contributed by atoms with Crippen LogP contribution < -0.4 is 0 Å². The maximum absolute atomic E-state index is 10.8. The van der Waals surface area contributed by atoms with Gasteiger partial charge in [-0.2, -0.15) is 0 Å². The number of aromatic carboxylic acids is 1. The number of aliphatic hydroxyl groups excluding tert-OH is 1. The molecule has 0 saturated heterocycles. The molecule has 92 valence electrons. The van der Waals surface area contributed by atoms with Crippen molar-refractivity contribution in [2.75, 3.05) is 12.4 Å². The van der Waals surface area contributed by atoms with Gasteiger partial charge < -0.3 is 10.2 Å². The molecular weight excluding hydrogens is 246 g/mol. The molecule has 1 aromatic rings. The van der Waals surface area contributed by atoms with Crippen molar-refractivity contribution in [1.29, 1.82) is 0 Å². The lowest BCUT2D eigenvalue weighted by molar-refractivity contribution is -0.385. The molecule has 0 unspecified atom stereocenters. The topological polar surface area (TPSA) is 101 Å². The lowest BCUT2D eigenvalue weighted by Gasteiger charge is -2.02. The van der Waals surface area contributed by atoms with Crippen LogP contribution in [-0.4, -0.2) is 33.5 Å². The van der Waals surface area contributed by atoms with E-state index >= 15 is 0 Å². The summed E-state index contributed by atoms with van der Waals surface area (Å²) >= 11 is 1.34. The van der Waals surface area contributed by atoms with Crippen molar-refractivity contribution in [1.82, 2.24) is 0 Å². The lowest BCUT2D eigenvalue weighted by Crippen LogP contribution is -2.02. The van der Waals surface area contributed by atoms with Gasteiger partial charge in [-0.25, -0.2) is 4.79 Å². The van der Waals surface area contributed by atoms with Gasteiger partial charge in [0.15, 0.2) is 0 Å². The number of aliphatic hydroxyl groups is 1. The van der Waals surface area contributed by atoms with Gasteiger partial charge in [0.1, 0.15) is 5.56 Å². The maximum atomic E-state index is 10.8. The molecule has 0 aromatic heterocycles. The Morgan fingerprint density at radius 3 is 2.71 bits per heavy atom. The normalized spacial score (nSPS) is 10.2. The smallest absolute Gasteiger partial charge is 0.342 e. The predicted octanol–water partition coefficient (Wildman–Crippen LogP) is 1.77. The molecule has 0 fully saturated rings. The van der Waals surface area contributed by atoms with Gasteiger partial charge in [-0.15, -0.1) is 11.8 Å². The first kappa shape index (κ1) is 13.5. The van der Waals surface area contributed by atoms with E-state index in [1.54, 1.807) is 0 Å². The van der Waals surface area contributed by atoms with E-state index in [0.29, 0.717) is 17.1 Å². The third-order valence-electron chi connectivity index (χ3n) is 1.97. The highest BCUT2D eigenvalue weighted by atomic mass is 32.2. The number of nitro benzene ring substituents is 1. The number of nitro groups is 1. The van der Waals surface area contributed by atoms with Crippen LogP contribution >= 0.6 is 11.8 Å². The molecule has 7 heteroatoms. The fourth-order valence-electron chi connectivity index (χ4n) is 1.19. The van der Waals surface area contributed by atoms with Crippen LogP contribution in [0.15, 0.2) is 23.1 Å². The molecule has 0 saturated carbocycles. The first-order valence-corrected chi connectivity index (χ1v) is 5.80. The van der Waals surface area contributed by atoms with Crippen molar-refractivity contribution < 1.29 is 19.9 Å². The zero-order valence-electron chi connectivity index (χ0n) is 8.83. The standard InChI is InChI=1S/C10H11NO5S/c12-4-1-5-17-7-2-3-8(10(13)14)9(6-7)11(15)16/h2-3,6,12H,1,4-5H2,(H,13,14). The van der Waals surface area contributed by atoms with Gasteiger partial charge in [-0.3, -0.25) is 10.1 Å². The first-order valence-electron chi connectivity index (χ1n) is 4.81. The van der Waals surface area contributed by atoms with Gasteiger partial charge in [0.05, 0.1) is 4.92 Å². The molecule has 0 atom stereocenters. The highest BCUT2D eigenvalue weighted by Crippen LogP contribution is 2.27. The third kappa shape index (κ3) is 3.72. The van der Waals surface area contributed by atoms with Crippen LogP contribution in [0, 0.1) is 10.1 Å². The number of thioether (sulfide) groups is 1. The number of hydrogen-bond acceptors (Lipinski definition) is 5. The number of carboxylic acid groups (broad SMARTS) is 1. The van der Waals surface area contributed by atoms with Crippen molar-refractivity contribution in [3.05, 3.63) is 33.9 Å². The summed E-state index contributed by atoms with van der Waals surface area (Å²) in [7, 11) is 0. The molecule has 0 aliphatic rings. The Labute approximate surface area is 101 Å². The van der Waals surface area contributed by atoms with E-state index in [1.807, 2.05) is 0 Å². The first-order chi connectivity index (χ1) is 8.06. The SMILES string of the molecule is O=C(O)c1ccc(SCCCO)cc1[N+](=O)[O-]. The van der Waals surface area contributed by atoms with Gasteiger partial charge in [0.2, 0.25) is 0 Å². The summed E-state index contributed by atoms with van der Waals surface area (Å²) in [5, 5.41) is 28.1. The summed E-state index contributed by atoms with van der Waals surface area (Å²) < 4.78 is 0. The average molecular weight is 257 g/mol. The van der Waals surface area contributed by atoms with Crippen LogP contribution in [0.3, 0.4) is 0 Å². The predicted molar refractivity (Wildman–Crippen MR) is 62.5 cm³/mol. The average Bonchev–Trinajstić information content (AvgIpc) is 2.29. The second-order valence-corrected chi connectivity index (χ2v) is 4.34. The van der Waals surface area contributed by atoms with Gasteiger partial charge in [0, 0.05) is 23.3 Å². The zero-order chi connectivity index (χ0) is 12.8. The minimum absolute atomic E-state index is 0.0578. The van der Waals surface area contributed by atoms with Gasteiger partial charge in [-0.1, -0.05) is 0 Å². The molecule has 2 N–H and O–H groups in total. The van der Waals surface area contributed by atoms with Gasteiger partial charge in [-0.05, 0) is 18.6 Å². The van der Waals surface area contributed by atoms with E-state index in [-0.39, 0.29) is 12.2 Å². The number of carbonyl (C=O) groups is 1. The monoisotopic (exact) mass is 257 g/mol. The van der Waals surface area contributed by atoms with Crippen molar-refractivity contribution in [2.45, 2.75) is 11.3 Å². The summed E-state index contributed by atoms with van der Waals surface area (Å²) in [6, 6.07) is 3.99. The molecule has 6 nitrogen and oxygen atoms in total. The van der Waals surface area contributed by atoms with Crippen LogP contribution in [0.5, 0.6) is 0 Å². The Bertz CT molecular complexity index is 435. The van der Waals surface area contributed by atoms with E-state index in [4.69, 9.17) is 10.2 Å². The molecule has 17 heavy (non-hydrogen) atoms. The Hall–Kier alpha value is -1.60. The number of benzene rings is 1. The second kappa shape index (κ2) is 6.21. The van der Waals surface area contributed by atoms with E-state index in [0.717, 1.165) is 0 Å². The Balaban J connectivity index is 2.94.